The standard InChI is InChI=1S/C23H27FN4O4S/c1-14-20(24)16(9-15(10-25)21(14)32-7-8-33(4,5)6)17-11-28(12-18(29)31-3)22-19(17)23(30)27(2)13-26-22/h9,11,13H,7-8,12H2,1-6H3. The van der Waals surface area contributed by atoms with Crippen LogP contribution in [0.25, 0.3) is 22.2 Å². The Morgan fingerprint density at radius 3 is 2.61 bits per heavy atom. The van der Waals surface area contributed by atoms with Crippen molar-refractivity contribution >= 4 is 27.0 Å². The molecular weight excluding hydrogens is 447 g/mol. The van der Waals surface area contributed by atoms with E-state index < -0.39 is 27.4 Å². The van der Waals surface area contributed by atoms with Crippen LogP contribution in [0, 0.1) is 24.1 Å². The summed E-state index contributed by atoms with van der Waals surface area (Å²) < 4.78 is 28.9. The highest BCUT2D eigenvalue weighted by Crippen LogP contribution is 2.38. The Morgan fingerprint density at radius 2 is 2.00 bits per heavy atom. The van der Waals surface area contributed by atoms with E-state index in [1.165, 1.54) is 41.9 Å². The first-order valence-electron chi connectivity index (χ1n) is 10.1. The number of aryl methyl sites for hydroxylation is 1. The maximum Gasteiger partial charge on any atom is 0.325 e. The van der Waals surface area contributed by atoms with Gasteiger partial charge in [0.1, 0.15) is 29.8 Å². The number of hydrogen-bond donors (Lipinski definition) is 0. The lowest BCUT2D eigenvalue weighted by Crippen LogP contribution is -2.18. The maximum atomic E-state index is 15.6. The Bertz CT molecular complexity index is 1330. The minimum atomic E-state index is -0.817. The summed E-state index contributed by atoms with van der Waals surface area (Å²) in [6, 6.07) is 3.46. The molecule has 2 aromatic heterocycles. The van der Waals surface area contributed by atoms with Crippen LogP contribution in [0.2, 0.25) is 0 Å². The van der Waals surface area contributed by atoms with Crippen molar-refractivity contribution < 1.29 is 18.7 Å². The predicted octanol–water partition coefficient (Wildman–Crippen LogP) is 2.97. The molecule has 0 bridgehead atoms. The highest BCUT2D eigenvalue weighted by Gasteiger charge is 2.24. The van der Waals surface area contributed by atoms with Crippen molar-refractivity contribution in [2.75, 3.05) is 38.2 Å². The fourth-order valence-corrected chi connectivity index (χ4v) is 4.01. The molecule has 0 aliphatic heterocycles. The number of halogens is 1. The lowest BCUT2D eigenvalue weighted by atomic mass is 9.99. The van der Waals surface area contributed by atoms with Crippen LogP contribution in [-0.4, -0.2) is 58.3 Å². The van der Waals surface area contributed by atoms with Gasteiger partial charge in [0.15, 0.2) is 0 Å². The van der Waals surface area contributed by atoms with Gasteiger partial charge in [-0.1, -0.05) is 0 Å². The molecule has 0 saturated heterocycles. The molecule has 0 aliphatic rings. The topological polar surface area (TPSA) is 99.1 Å². The summed E-state index contributed by atoms with van der Waals surface area (Å²) in [5, 5.41) is 9.89. The second kappa shape index (κ2) is 9.27. The number of aromatic nitrogens is 3. The molecule has 176 valence electrons. The van der Waals surface area contributed by atoms with Gasteiger partial charge in [0.05, 0.1) is 31.0 Å². The van der Waals surface area contributed by atoms with Crippen LogP contribution in [0.1, 0.15) is 11.1 Å². The van der Waals surface area contributed by atoms with Crippen LogP contribution < -0.4 is 10.3 Å². The van der Waals surface area contributed by atoms with Crippen LogP contribution >= 0.6 is 10.0 Å². The third-order valence-electron chi connectivity index (χ3n) is 5.26. The van der Waals surface area contributed by atoms with E-state index in [1.54, 1.807) is 6.92 Å². The molecule has 0 fully saturated rings. The number of carbonyl (C=O) groups excluding carboxylic acids is 1. The molecule has 0 radical (unpaired) electrons. The number of ether oxygens (including phenoxy) is 2. The van der Waals surface area contributed by atoms with Gasteiger partial charge in [0.25, 0.3) is 5.56 Å². The van der Waals surface area contributed by atoms with Crippen LogP contribution in [0.4, 0.5) is 4.39 Å². The SMILES string of the molecule is COC(=O)Cn1cc(-c2cc(C#N)c(OCCS(C)(C)C)c(C)c2F)c2c(=O)n(C)cnc21. The molecule has 1 aromatic carbocycles. The smallest absolute Gasteiger partial charge is 0.325 e. The zero-order chi connectivity index (χ0) is 24.5. The van der Waals surface area contributed by atoms with Crippen molar-refractivity contribution in [2.24, 2.45) is 7.05 Å². The number of nitrogens with zero attached hydrogens (tertiary/aromatic N) is 4. The molecule has 0 spiro atoms. The van der Waals surface area contributed by atoms with E-state index in [-0.39, 0.29) is 45.6 Å². The van der Waals surface area contributed by atoms with Gasteiger partial charge >= 0.3 is 5.97 Å². The summed E-state index contributed by atoms with van der Waals surface area (Å²) in [5.41, 5.74) is 0.483. The first kappa shape index (κ1) is 24.3. The number of hydrogen-bond acceptors (Lipinski definition) is 6. The summed E-state index contributed by atoms with van der Waals surface area (Å²) in [6.45, 7) is 1.72. The monoisotopic (exact) mass is 474 g/mol. The van der Waals surface area contributed by atoms with Gasteiger partial charge in [0, 0.05) is 35.7 Å². The minimum absolute atomic E-state index is 0.0663. The van der Waals surface area contributed by atoms with Crippen molar-refractivity contribution in [2.45, 2.75) is 13.5 Å². The Morgan fingerprint density at radius 1 is 1.30 bits per heavy atom. The van der Waals surface area contributed by atoms with E-state index in [0.29, 0.717) is 6.61 Å². The zero-order valence-corrected chi connectivity index (χ0v) is 20.4. The van der Waals surface area contributed by atoms with Gasteiger partial charge in [0.2, 0.25) is 0 Å². The van der Waals surface area contributed by atoms with E-state index in [4.69, 9.17) is 9.47 Å². The first-order valence-corrected chi connectivity index (χ1v) is 13.1. The molecule has 3 rings (SSSR count). The van der Waals surface area contributed by atoms with Crippen molar-refractivity contribution in [1.82, 2.24) is 14.1 Å². The molecule has 3 aromatic rings. The Kier molecular flexibility index (Phi) is 6.84. The van der Waals surface area contributed by atoms with E-state index in [2.05, 4.69) is 29.8 Å². The van der Waals surface area contributed by atoms with Crippen LogP contribution in [0.15, 0.2) is 23.4 Å². The van der Waals surface area contributed by atoms with E-state index in [0.717, 1.165) is 5.75 Å². The Labute approximate surface area is 192 Å². The number of rotatable bonds is 7. The largest absolute Gasteiger partial charge is 0.491 e. The molecule has 0 amide bonds. The molecule has 0 atom stereocenters. The molecule has 2 heterocycles. The summed E-state index contributed by atoms with van der Waals surface area (Å²) in [7, 11) is 1.97. The number of benzene rings is 1. The van der Waals surface area contributed by atoms with E-state index in [9.17, 15) is 14.9 Å². The summed E-state index contributed by atoms with van der Waals surface area (Å²) in [6.07, 6.45) is 9.27. The second-order valence-corrected chi connectivity index (χ2v) is 13.2. The molecule has 0 aliphatic carbocycles. The van der Waals surface area contributed by atoms with Gasteiger partial charge in [-0.15, -0.1) is 0 Å². The van der Waals surface area contributed by atoms with Gasteiger partial charge in [-0.05, 0) is 31.8 Å². The second-order valence-electron chi connectivity index (χ2n) is 8.60. The number of esters is 1. The maximum absolute atomic E-state index is 15.6. The molecule has 0 unspecified atom stereocenters. The lowest BCUT2D eigenvalue weighted by Gasteiger charge is -2.25. The van der Waals surface area contributed by atoms with Gasteiger partial charge in [-0.2, -0.15) is 5.26 Å². The van der Waals surface area contributed by atoms with Crippen LogP contribution in [0.5, 0.6) is 5.75 Å². The Balaban J connectivity index is 2.20. The van der Waals surface area contributed by atoms with Crippen molar-refractivity contribution in [1.29, 1.82) is 5.26 Å². The van der Waals surface area contributed by atoms with Gasteiger partial charge in [-0.25, -0.2) is 19.4 Å². The fraction of sp³-hybridized carbons (Fsp3) is 0.391. The van der Waals surface area contributed by atoms with Crippen LogP contribution in [0.3, 0.4) is 0 Å². The molecule has 8 nitrogen and oxygen atoms in total. The molecule has 0 N–H and O–H groups in total. The average Bonchev–Trinajstić information content (AvgIpc) is 3.11. The van der Waals surface area contributed by atoms with E-state index in [1.807, 2.05) is 0 Å². The fourth-order valence-electron chi connectivity index (χ4n) is 3.43. The van der Waals surface area contributed by atoms with Crippen molar-refractivity contribution in [3.05, 3.63) is 45.9 Å². The van der Waals surface area contributed by atoms with Crippen molar-refractivity contribution in [3.8, 4) is 22.9 Å². The molecule has 0 saturated carbocycles. The third-order valence-corrected chi connectivity index (χ3v) is 6.65. The van der Waals surface area contributed by atoms with Crippen molar-refractivity contribution in [3.63, 3.8) is 0 Å². The lowest BCUT2D eigenvalue weighted by molar-refractivity contribution is -0.141. The number of nitriles is 1. The molecule has 10 heteroatoms. The average molecular weight is 475 g/mol. The van der Waals surface area contributed by atoms with Crippen LogP contribution in [-0.2, 0) is 23.1 Å². The number of carbonyl (C=O) groups is 1. The first-order chi connectivity index (χ1) is 15.5. The summed E-state index contributed by atoms with van der Waals surface area (Å²) >= 11 is 0. The van der Waals surface area contributed by atoms with Gasteiger partial charge in [-0.3, -0.25) is 9.59 Å². The zero-order valence-electron chi connectivity index (χ0n) is 19.6. The van der Waals surface area contributed by atoms with E-state index >= 15 is 4.39 Å². The summed E-state index contributed by atoms with van der Waals surface area (Å²) in [4.78, 5) is 29.1. The normalized spacial score (nSPS) is 11.9. The van der Waals surface area contributed by atoms with Gasteiger partial charge < -0.3 is 18.6 Å². The molecule has 33 heavy (non-hydrogen) atoms. The Hall–Kier alpha value is -3.32. The number of fused-ring (bicyclic) bond motifs is 1. The number of methoxy groups -OCH3 is 1. The highest BCUT2D eigenvalue weighted by atomic mass is 32.3. The molecular formula is C23H27FN4O4S. The third kappa shape index (κ3) is 4.88. The quantitative estimate of drug-likeness (QED) is 0.488. The highest BCUT2D eigenvalue weighted by molar-refractivity contribution is 8.32. The predicted molar refractivity (Wildman–Crippen MR) is 128 cm³/mol. The summed E-state index contributed by atoms with van der Waals surface area (Å²) in [5.74, 6) is -0.134. The minimum Gasteiger partial charge on any atom is -0.491 e.